The van der Waals surface area contributed by atoms with Crippen LogP contribution in [0, 0.1) is 6.92 Å². The topological polar surface area (TPSA) is 85.9 Å². The van der Waals surface area contributed by atoms with E-state index >= 15 is 0 Å². The molecule has 0 atom stereocenters. The summed E-state index contributed by atoms with van der Waals surface area (Å²) >= 11 is 0. The number of nitrogens with two attached hydrogens (primary N) is 1. The highest BCUT2D eigenvalue weighted by molar-refractivity contribution is 14.0. The van der Waals surface area contributed by atoms with Gasteiger partial charge in [0, 0.05) is 5.69 Å². The zero-order chi connectivity index (χ0) is 17.5. The molecule has 0 aromatic heterocycles. The fraction of sp³-hybridized carbons (Fsp3) is 0.222. The first kappa shape index (κ1) is 20.8. The lowest BCUT2D eigenvalue weighted by molar-refractivity contribution is 0.0597. The lowest BCUT2D eigenvalue weighted by Gasteiger charge is -2.09. The van der Waals surface area contributed by atoms with Crippen LogP contribution in [-0.2, 0) is 11.3 Å². The van der Waals surface area contributed by atoms with Gasteiger partial charge in [0.15, 0.2) is 5.96 Å². The molecule has 25 heavy (non-hydrogen) atoms. The molecule has 0 saturated carbocycles. The zero-order valence-corrected chi connectivity index (χ0v) is 16.7. The number of nitrogens with one attached hydrogen (secondary N) is 1. The van der Waals surface area contributed by atoms with E-state index in [0.29, 0.717) is 23.8 Å². The highest BCUT2D eigenvalue weighted by Crippen LogP contribution is 2.21. The first-order valence-electron chi connectivity index (χ1n) is 7.42. The molecule has 3 N–H and O–H groups in total. The van der Waals surface area contributed by atoms with Crippen molar-refractivity contribution in [2.24, 2.45) is 10.7 Å². The minimum atomic E-state index is -0.455. The highest BCUT2D eigenvalue weighted by atomic mass is 127. The van der Waals surface area contributed by atoms with Gasteiger partial charge >= 0.3 is 5.97 Å². The van der Waals surface area contributed by atoms with Gasteiger partial charge in [-0.1, -0.05) is 23.8 Å². The molecule has 0 saturated heterocycles. The second kappa shape index (κ2) is 9.87. The van der Waals surface area contributed by atoms with Crippen LogP contribution in [-0.4, -0.2) is 26.1 Å². The molecule has 0 aliphatic heterocycles. The van der Waals surface area contributed by atoms with E-state index in [2.05, 4.69) is 10.3 Å². The number of hydrogen-bond donors (Lipinski definition) is 2. The Labute approximate surface area is 164 Å². The van der Waals surface area contributed by atoms with Crippen molar-refractivity contribution >= 4 is 41.6 Å². The Hall–Kier alpha value is -2.29. The summed E-state index contributed by atoms with van der Waals surface area (Å²) in [7, 11) is 2.83. The summed E-state index contributed by atoms with van der Waals surface area (Å²) in [5.41, 5.74) is 9.12. The molecule has 6 nitrogen and oxygen atoms in total. The summed E-state index contributed by atoms with van der Waals surface area (Å²) < 4.78 is 9.92. The number of hydrogen-bond acceptors (Lipinski definition) is 4. The number of aryl methyl sites for hydroxylation is 1. The number of rotatable bonds is 5. The van der Waals surface area contributed by atoms with Crippen LogP contribution in [0.2, 0.25) is 0 Å². The largest absolute Gasteiger partial charge is 0.496 e. The average molecular weight is 455 g/mol. The van der Waals surface area contributed by atoms with Crippen molar-refractivity contribution < 1.29 is 14.3 Å². The number of nitrogens with zero attached hydrogens (tertiary/aromatic N) is 1. The monoisotopic (exact) mass is 455 g/mol. The first-order chi connectivity index (χ1) is 11.5. The maximum Gasteiger partial charge on any atom is 0.341 e. The number of halogens is 1. The van der Waals surface area contributed by atoms with E-state index < -0.39 is 5.97 Å². The van der Waals surface area contributed by atoms with Gasteiger partial charge in [0.05, 0.1) is 20.8 Å². The summed E-state index contributed by atoms with van der Waals surface area (Å²) in [6.45, 7) is 2.35. The number of ether oxygens (including phenoxy) is 2. The van der Waals surface area contributed by atoms with Crippen LogP contribution >= 0.6 is 24.0 Å². The minimum absolute atomic E-state index is 0. The van der Waals surface area contributed by atoms with Gasteiger partial charge in [0.25, 0.3) is 0 Å². The number of methoxy groups -OCH3 is 2. The fourth-order valence-corrected chi connectivity index (χ4v) is 2.12. The Kier molecular flexibility index (Phi) is 8.20. The standard InChI is InChI=1S/C18H21N3O3.HI/c1-12-4-7-14(8-5-12)21-18(19)20-11-13-6-9-16(23-2)15(10-13)17(22)24-3;/h4-10H,11H2,1-3H3,(H3,19,20,21);1H. The van der Waals surface area contributed by atoms with E-state index in [1.807, 2.05) is 37.3 Å². The number of guanidine groups is 1. The number of carbonyl (C=O) groups excluding carboxylic acids is 1. The predicted octanol–water partition coefficient (Wildman–Crippen LogP) is 3.34. The quantitative estimate of drug-likeness (QED) is 0.313. The lowest BCUT2D eigenvalue weighted by atomic mass is 10.1. The molecular weight excluding hydrogens is 433 g/mol. The highest BCUT2D eigenvalue weighted by Gasteiger charge is 2.13. The van der Waals surface area contributed by atoms with Crippen LogP contribution < -0.4 is 15.8 Å². The maximum atomic E-state index is 11.8. The SMILES string of the molecule is COC(=O)c1cc(CN=C(N)Nc2ccc(C)cc2)ccc1OC.I. The van der Waals surface area contributed by atoms with Crippen LogP contribution in [0.5, 0.6) is 5.75 Å². The number of aliphatic imine (C=N–C) groups is 1. The molecule has 0 radical (unpaired) electrons. The van der Waals surface area contributed by atoms with Gasteiger partial charge in [-0.25, -0.2) is 9.79 Å². The van der Waals surface area contributed by atoms with Crippen molar-refractivity contribution in [2.75, 3.05) is 19.5 Å². The molecule has 7 heteroatoms. The first-order valence-corrected chi connectivity index (χ1v) is 7.42. The van der Waals surface area contributed by atoms with Gasteiger partial charge in [-0.3, -0.25) is 0 Å². The zero-order valence-electron chi connectivity index (χ0n) is 14.4. The molecule has 2 aromatic rings. The van der Waals surface area contributed by atoms with E-state index in [-0.39, 0.29) is 24.0 Å². The van der Waals surface area contributed by atoms with E-state index in [0.717, 1.165) is 11.3 Å². The Bertz CT molecular complexity index is 746. The van der Waals surface area contributed by atoms with E-state index in [9.17, 15) is 4.79 Å². The van der Waals surface area contributed by atoms with Gasteiger partial charge in [-0.05, 0) is 36.8 Å². The number of carbonyl (C=O) groups is 1. The summed E-state index contributed by atoms with van der Waals surface area (Å²) in [5, 5.41) is 3.02. The van der Waals surface area contributed by atoms with Gasteiger partial charge < -0.3 is 20.5 Å². The van der Waals surface area contributed by atoms with Crippen molar-refractivity contribution in [1.29, 1.82) is 0 Å². The molecular formula is C18H22IN3O3. The second-order valence-electron chi connectivity index (χ2n) is 5.22. The molecule has 0 fully saturated rings. The summed E-state index contributed by atoms with van der Waals surface area (Å²) in [6, 6.07) is 13.1. The maximum absolute atomic E-state index is 11.8. The molecule has 2 aromatic carbocycles. The summed E-state index contributed by atoms with van der Waals surface area (Å²) in [5.74, 6) is 0.304. The molecule has 134 valence electrons. The van der Waals surface area contributed by atoms with Crippen LogP contribution in [0.25, 0.3) is 0 Å². The minimum Gasteiger partial charge on any atom is -0.496 e. The smallest absolute Gasteiger partial charge is 0.341 e. The third-order valence-corrected chi connectivity index (χ3v) is 3.43. The molecule has 0 unspecified atom stereocenters. The molecule has 0 aliphatic carbocycles. The molecule has 0 aliphatic rings. The fourth-order valence-electron chi connectivity index (χ4n) is 2.12. The Balaban J connectivity index is 0.00000312. The molecule has 0 heterocycles. The lowest BCUT2D eigenvalue weighted by Crippen LogP contribution is -2.22. The van der Waals surface area contributed by atoms with E-state index in [1.54, 1.807) is 12.1 Å². The number of anilines is 1. The van der Waals surface area contributed by atoms with E-state index in [1.165, 1.54) is 19.8 Å². The number of benzene rings is 2. The Morgan fingerprint density at radius 2 is 1.84 bits per heavy atom. The van der Waals surface area contributed by atoms with E-state index in [4.69, 9.17) is 15.2 Å². The number of esters is 1. The van der Waals surface area contributed by atoms with Gasteiger partial charge in [0.2, 0.25) is 0 Å². The average Bonchev–Trinajstić information content (AvgIpc) is 2.61. The molecule has 2 rings (SSSR count). The Morgan fingerprint density at radius 3 is 2.44 bits per heavy atom. The van der Waals surface area contributed by atoms with Gasteiger partial charge in [-0.15, -0.1) is 24.0 Å². The van der Waals surface area contributed by atoms with Gasteiger partial charge in [0.1, 0.15) is 11.3 Å². The van der Waals surface area contributed by atoms with Crippen molar-refractivity contribution in [2.45, 2.75) is 13.5 Å². The van der Waals surface area contributed by atoms with Crippen molar-refractivity contribution in [3.63, 3.8) is 0 Å². The van der Waals surface area contributed by atoms with Crippen LogP contribution in [0.4, 0.5) is 5.69 Å². The summed E-state index contributed by atoms with van der Waals surface area (Å²) in [6.07, 6.45) is 0. The molecule has 0 amide bonds. The second-order valence-corrected chi connectivity index (χ2v) is 5.22. The summed E-state index contributed by atoms with van der Waals surface area (Å²) in [4.78, 5) is 16.1. The van der Waals surface area contributed by atoms with Crippen LogP contribution in [0.1, 0.15) is 21.5 Å². The third kappa shape index (κ3) is 5.93. The van der Waals surface area contributed by atoms with Gasteiger partial charge in [-0.2, -0.15) is 0 Å². The van der Waals surface area contributed by atoms with Crippen molar-refractivity contribution in [3.8, 4) is 5.75 Å². The normalized spacial score (nSPS) is 10.6. The third-order valence-electron chi connectivity index (χ3n) is 3.43. The Morgan fingerprint density at radius 1 is 1.16 bits per heavy atom. The van der Waals surface area contributed by atoms with Crippen LogP contribution in [0.3, 0.4) is 0 Å². The molecule has 0 bridgehead atoms. The molecule has 0 spiro atoms. The van der Waals surface area contributed by atoms with Crippen molar-refractivity contribution in [3.05, 3.63) is 59.2 Å². The predicted molar refractivity (Wildman–Crippen MR) is 110 cm³/mol. The van der Waals surface area contributed by atoms with Crippen LogP contribution in [0.15, 0.2) is 47.5 Å². The van der Waals surface area contributed by atoms with Crippen molar-refractivity contribution in [1.82, 2.24) is 0 Å².